The molecule has 0 spiro atoms. The highest BCUT2D eigenvalue weighted by Gasteiger charge is 2.14. The Labute approximate surface area is 108 Å². The topological polar surface area (TPSA) is 17.1 Å². The van der Waals surface area contributed by atoms with Crippen LogP contribution in [0.4, 0.5) is 13.2 Å². The maximum absolute atomic E-state index is 13.3. The van der Waals surface area contributed by atoms with Gasteiger partial charge in [-0.2, -0.15) is 0 Å². The zero-order chi connectivity index (χ0) is 13.8. The fourth-order valence-electron chi connectivity index (χ4n) is 1.60. The molecule has 0 fully saturated rings. The van der Waals surface area contributed by atoms with E-state index >= 15 is 0 Å². The van der Waals surface area contributed by atoms with Crippen molar-refractivity contribution >= 4 is 11.9 Å². The number of rotatable bonds is 3. The zero-order valence-corrected chi connectivity index (χ0v) is 9.74. The van der Waals surface area contributed by atoms with Crippen LogP contribution in [0.1, 0.15) is 15.9 Å². The molecular formula is C15H9F3O. The molecule has 0 radical (unpaired) electrons. The van der Waals surface area contributed by atoms with E-state index in [2.05, 4.69) is 0 Å². The molecule has 0 bridgehead atoms. The Bertz CT molecular complexity index is 627. The molecule has 2 aromatic carbocycles. The first-order chi connectivity index (χ1) is 9.08. The molecule has 4 heteroatoms. The first-order valence-corrected chi connectivity index (χ1v) is 5.50. The van der Waals surface area contributed by atoms with Crippen molar-refractivity contribution in [3.63, 3.8) is 0 Å². The van der Waals surface area contributed by atoms with Crippen molar-refractivity contribution in [1.82, 2.24) is 0 Å². The lowest BCUT2D eigenvalue weighted by atomic mass is 10.1. The van der Waals surface area contributed by atoms with Crippen LogP contribution in [0.5, 0.6) is 0 Å². The molecule has 0 atom stereocenters. The number of ketones is 1. The molecule has 0 heterocycles. The average Bonchev–Trinajstić information content (AvgIpc) is 2.36. The molecule has 1 nitrogen and oxygen atoms in total. The first-order valence-electron chi connectivity index (χ1n) is 5.50. The van der Waals surface area contributed by atoms with Crippen LogP contribution in [0.2, 0.25) is 0 Å². The minimum atomic E-state index is -0.922. The van der Waals surface area contributed by atoms with Gasteiger partial charge in [-0.05, 0) is 35.9 Å². The maximum atomic E-state index is 13.3. The Kier molecular flexibility index (Phi) is 3.80. The van der Waals surface area contributed by atoms with Crippen molar-refractivity contribution in [1.29, 1.82) is 0 Å². The molecule has 2 rings (SSSR count). The van der Waals surface area contributed by atoms with Crippen LogP contribution >= 0.6 is 0 Å². The Morgan fingerprint density at radius 1 is 0.947 bits per heavy atom. The number of carbonyl (C=O) groups excluding carboxylic acids is 1. The zero-order valence-electron chi connectivity index (χ0n) is 9.74. The molecule has 96 valence electrons. The molecule has 0 saturated heterocycles. The summed E-state index contributed by atoms with van der Waals surface area (Å²) in [5.74, 6) is -3.10. The van der Waals surface area contributed by atoms with Crippen molar-refractivity contribution in [3.05, 3.63) is 77.1 Å². The molecule has 0 N–H and O–H groups in total. The van der Waals surface area contributed by atoms with Gasteiger partial charge in [0, 0.05) is 0 Å². The minimum absolute atomic E-state index is 0.435. The Balaban J connectivity index is 2.27. The predicted molar refractivity (Wildman–Crippen MR) is 66.1 cm³/mol. The van der Waals surface area contributed by atoms with Gasteiger partial charge in [0.25, 0.3) is 0 Å². The van der Waals surface area contributed by atoms with E-state index in [9.17, 15) is 18.0 Å². The molecule has 0 aliphatic rings. The van der Waals surface area contributed by atoms with Gasteiger partial charge in [-0.3, -0.25) is 4.79 Å². The second kappa shape index (κ2) is 5.52. The van der Waals surface area contributed by atoms with Gasteiger partial charge >= 0.3 is 0 Å². The minimum Gasteiger partial charge on any atom is -0.289 e. The lowest BCUT2D eigenvalue weighted by Gasteiger charge is -2.00. The maximum Gasteiger partial charge on any atom is 0.191 e. The number of halogens is 3. The number of hydrogen-bond donors (Lipinski definition) is 0. The van der Waals surface area contributed by atoms with Crippen LogP contribution in [0, 0.1) is 17.5 Å². The van der Waals surface area contributed by atoms with Crippen LogP contribution < -0.4 is 0 Å². The van der Waals surface area contributed by atoms with Crippen molar-refractivity contribution < 1.29 is 18.0 Å². The number of carbonyl (C=O) groups is 1. The average molecular weight is 262 g/mol. The van der Waals surface area contributed by atoms with E-state index in [1.165, 1.54) is 30.3 Å². The van der Waals surface area contributed by atoms with Crippen molar-refractivity contribution in [3.8, 4) is 0 Å². The molecule has 2 aromatic rings. The van der Waals surface area contributed by atoms with Gasteiger partial charge in [0.05, 0.1) is 5.56 Å². The van der Waals surface area contributed by atoms with Gasteiger partial charge in [-0.25, -0.2) is 13.2 Å². The fourth-order valence-corrected chi connectivity index (χ4v) is 1.60. The third-order valence-electron chi connectivity index (χ3n) is 2.48. The molecule has 0 aliphatic carbocycles. The molecule has 19 heavy (non-hydrogen) atoms. The predicted octanol–water partition coefficient (Wildman–Crippen LogP) is 4.00. The quantitative estimate of drug-likeness (QED) is 0.603. The summed E-state index contributed by atoms with van der Waals surface area (Å²) in [7, 11) is 0. The first kappa shape index (κ1) is 13.1. The molecule has 0 saturated carbocycles. The standard InChI is InChI=1S/C15H9F3O/c16-11-4-1-3-10(9-11)7-8-14(19)15-12(17)5-2-6-13(15)18/h1-9H/b8-7+. The van der Waals surface area contributed by atoms with E-state index in [0.717, 1.165) is 18.2 Å². The lowest BCUT2D eigenvalue weighted by molar-refractivity contribution is 0.104. The monoisotopic (exact) mass is 262 g/mol. The largest absolute Gasteiger partial charge is 0.289 e. The fraction of sp³-hybridized carbons (Fsp3) is 0. The SMILES string of the molecule is O=C(/C=C/c1cccc(F)c1)c1c(F)cccc1F. The van der Waals surface area contributed by atoms with Gasteiger partial charge in [0.2, 0.25) is 0 Å². The van der Waals surface area contributed by atoms with Crippen LogP contribution in [0.15, 0.2) is 48.5 Å². The summed E-state index contributed by atoms with van der Waals surface area (Å²) in [6, 6.07) is 8.71. The number of hydrogen-bond acceptors (Lipinski definition) is 1. The molecule has 0 amide bonds. The van der Waals surface area contributed by atoms with Gasteiger partial charge in [-0.1, -0.05) is 24.3 Å². The van der Waals surface area contributed by atoms with Gasteiger partial charge in [-0.15, -0.1) is 0 Å². The van der Waals surface area contributed by atoms with Gasteiger partial charge in [0.15, 0.2) is 5.78 Å². The molecule has 0 aromatic heterocycles. The van der Waals surface area contributed by atoms with Crippen LogP contribution in [0.25, 0.3) is 6.08 Å². The summed E-state index contributed by atoms with van der Waals surface area (Å²) in [4.78, 5) is 11.7. The van der Waals surface area contributed by atoms with Crippen molar-refractivity contribution in [2.24, 2.45) is 0 Å². The van der Waals surface area contributed by atoms with E-state index in [4.69, 9.17) is 0 Å². The summed E-state index contributed by atoms with van der Waals surface area (Å²) in [6.45, 7) is 0. The van der Waals surface area contributed by atoms with Crippen LogP contribution in [-0.2, 0) is 0 Å². The molecule has 0 aliphatic heterocycles. The van der Waals surface area contributed by atoms with Crippen molar-refractivity contribution in [2.75, 3.05) is 0 Å². The Hall–Kier alpha value is -2.36. The van der Waals surface area contributed by atoms with E-state index < -0.39 is 28.8 Å². The summed E-state index contributed by atoms with van der Waals surface area (Å²) in [5.41, 5.74) is -0.180. The Morgan fingerprint density at radius 3 is 2.21 bits per heavy atom. The van der Waals surface area contributed by atoms with E-state index in [1.807, 2.05) is 0 Å². The second-order valence-corrected chi connectivity index (χ2v) is 3.85. The van der Waals surface area contributed by atoms with Crippen LogP contribution in [0.3, 0.4) is 0 Å². The van der Waals surface area contributed by atoms with E-state index in [1.54, 1.807) is 6.07 Å². The lowest BCUT2D eigenvalue weighted by Crippen LogP contribution is -2.02. The summed E-state index contributed by atoms with van der Waals surface area (Å²) < 4.78 is 39.6. The summed E-state index contributed by atoms with van der Waals surface area (Å²) >= 11 is 0. The highest BCUT2D eigenvalue weighted by molar-refractivity contribution is 6.07. The Morgan fingerprint density at radius 2 is 1.58 bits per heavy atom. The third kappa shape index (κ3) is 3.10. The second-order valence-electron chi connectivity index (χ2n) is 3.85. The third-order valence-corrected chi connectivity index (χ3v) is 2.48. The van der Waals surface area contributed by atoms with Gasteiger partial charge < -0.3 is 0 Å². The van der Waals surface area contributed by atoms with Gasteiger partial charge in [0.1, 0.15) is 17.5 Å². The summed E-state index contributed by atoms with van der Waals surface area (Å²) in [5, 5.41) is 0. The van der Waals surface area contributed by atoms with Crippen LogP contribution in [-0.4, -0.2) is 5.78 Å². The summed E-state index contributed by atoms with van der Waals surface area (Å²) in [6.07, 6.45) is 2.31. The normalized spacial score (nSPS) is 10.9. The highest BCUT2D eigenvalue weighted by atomic mass is 19.1. The molecular weight excluding hydrogens is 253 g/mol. The van der Waals surface area contributed by atoms with Crippen molar-refractivity contribution in [2.45, 2.75) is 0 Å². The highest BCUT2D eigenvalue weighted by Crippen LogP contribution is 2.14. The van der Waals surface area contributed by atoms with E-state index in [-0.39, 0.29) is 0 Å². The van der Waals surface area contributed by atoms with E-state index in [0.29, 0.717) is 5.56 Å². The smallest absolute Gasteiger partial charge is 0.191 e. The number of allylic oxidation sites excluding steroid dienone is 1. The molecule has 0 unspecified atom stereocenters. The number of benzene rings is 2.